The van der Waals surface area contributed by atoms with Crippen molar-refractivity contribution in [3.63, 3.8) is 0 Å². The molecule has 138 valence electrons. The van der Waals surface area contributed by atoms with Gasteiger partial charge in [0.1, 0.15) is 5.82 Å². The molecule has 1 aliphatic rings. The predicted octanol–water partition coefficient (Wildman–Crippen LogP) is 1.63. The fourth-order valence-electron chi connectivity index (χ4n) is 2.83. The van der Waals surface area contributed by atoms with Gasteiger partial charge in [-0.1, -0.05) is 12.1 Å². The molecule has 26 heavy (non-hydrogen) atoms. The molecule has 0 spiro atoms. The highest BCUT2D eigenvalue weighted by Crippen LogP contribution is 2.14. The summed E-state index contributed by atoms with van der Waals surface area (Å²) >= 11 is 0. The third-order valence-electron chi connectivity index (χ3n) is 4.27. The Morgan fingerprint density at radius 3 is 2.77 bits per heavy atom. The van der Waals surface area contributed by atoms with Crippen molar-refractivity contribution in [1.82, 2.24) is 9.97 Å². The average molecular weight is 360 g/mol. The van der Waals surface area contributed by atoms with E-state index in [2.05, 4.69) is 15.3 Å². The Morgan fingerprint density at radius 2 is 2.08 bits per heavy atom. The second kappa shape index (κ2) is 8.09. The van der Waals surface area contributed by atoms with Crippen molar-refractivity contribution in [3.05, 3.63) is 51.7 Å². The molecule has 0 aliphatic carbocycles. The molecule has 1 fully saturated rings. The first kappa shape index (κ1) is 18.1. The molecule has 0 radical (unpaired) electrons. The summed E-state index contributed by atoms with van der Waals surface area (Å²) in [6.07, 6.45) is 0.300. The molecule has 1 saturated heterocycles. The van der Waals surface area contributed by atoms with Crippen LogP contribution in [-0.4, -0.2) is 42.2 Å². The van der Waals surface area contributed by atoms with Crippen molar-refractivity contribution in [2.45, 2.75) is 19.8 Å². The number of nitrogens with zero attached hydrogens (tertiary/aromatic N) is 2. The number of nitrogens with one attached hydrogen (secondary N) is 2. The third kappa shape index (κ3) is 4.26. The van der Waals surface area contributed by atoms with Gasteiger partial charge in [0.05, 0.1) is 18.9 Å². The van der Waals surface area contributed by atoms with Gasteiger partial charge in [0.2, 0.25) is 11.9 Å². The second-order valence-electron chi connectivity index (χ2n) is 6.08. The largest absolute Gasteiger partial charge is 0.378 e. The number of amides is 1. The number of carbonyl (C=O) groups is 1. The Morgan fingerprint density at radius 1 is 1.35 bits per heavy atom. The monoisotopic (exact) mass is 360 g/mol. The number of carbonyl (C=O) groups excluding carboxylic acids is 1. The Labute approximate surface area is 150 Å². The number of aromatic nitrogens is 2. The van der Waals surface area contributed by atoms with Crippen LogP contribution in [0.25, 0.3) is 0 Å². The number of H-pyrrole nitrogens is 1. The number of rotatable bonds is 5. The zero-order chi connectivity index (χ0) is 18.5. The van der Waals surface area contributed by atoms with Crippen LogP contribution in [0.3, 0.4) is 0 Å². The standard InChI is InChI=1S/C18H21FN4O3/c1-12-13(6-7-16(24)21-15-5-3-2-4-14(15)19)17(25)22-18(20-12)23-8-10-26-11-9-23/h2-5H,6-11H2,1H3,(H,21,24)(H,20,22,25). The minimum Gasteiger partial charge on any atom is -0.378 e. The van der Waals surface area contributed by atoms with Crippen LogP contribution in [-0.2, 0) is 16.0 Å². The first-order chi connectivity index (χ1) is 12.5. The molecule has 1 aromatic heterocycles. The van der Waals surface area contributed by atoms with Gasteiger partial charge in [0.15, 0.2) is 0 Å². The molecule has 0 bridgehead atoms. The number of ether oxygens (including phenoxy) is 1. The Balaban J connectivity index is 1.65. The first-order valence-electron chi connectivity index (χ1n) is 8.51. The normalized spacial score (nSPS) is 14.3. The highest BCUT2D eigenvalue weighted by Gasteiger charge is 2.17. The molecule has 1 aromatic carbocycles. The topological polar surface area (TPSA) is 87.3 Å². The van der Waals surface area contributed by atoms with E-state index in [0.717, 1.165) is 0 Å². The van der Waals surface area contributed by atoms with Gasteiger partial charge >= 0.3 is 0 Å². The fourth-order valence-corrected chi connectivity index (χ4v) is 2.83. The van der Waals surface area contributed by atoms with E-state index in [1.165, 1.54) is 12.1 Å². The maximum absolute atomic E-state index is 13.6. The highest BCUT2D eigenvalue weighted by molar-refractivity contribution is 5.90. The summed E-state index contributed by atoms with van der Waals surface area (Å²) in [4.78, 5) is 33.6. The van der Waals surface area contributed by atoms with Crippen molar-refractivity contribution in [2.24, 2.45) is 0 Å². The SMILES string of the molecule is Cc1nc(N2CCOCC2)[nH]c(=O)c1CCC(=O)Nc1ccccc1F. The van der Waals surface area contributed by atoms with E-state index in [9.17, 15) is 14.0 Å². The zero-order valence-corrected chi connectivity index (χ0v) is 14.5. The number of halogens is 1. The van der Waals surface area contributed by atoms with E-state index in [0.29, 0.717) is 43.5 Å². The van der Waals surface area contributed by atoms with E-state index >= 15 is 0 Å². The van der Waals surface area contributed by atoms with E-state index in [-0.39, 0.29) is 30.0 Å². The van der Waals surface area contributed by atoms with Gasteiger partial charge in [0, 0.05) is 30.8 Å². The fraction of sp³-hybridized carbons (Fsp3) is 0.389. The molecule has 1 aliphatic heterocycles. The number of morpholine rings is 1. The summed E-state index contributed by atoms with van der Waals surface area (Å²) in [5.74, 6) is -0.326. The molecular weight excluding hydrogens is 339 g/mol. The van der Waals surface area contributed by atoms with Crippen LogP contribution in [0.5, 0.6) is 0 Å². The molecule has 3 rings (SSSR count). The molecule has 2 heterocycles. The van der Waals surface area contributed by atoms with Crippen LogP contribution in [0.1, 0.15) is 17.7 Å². The van der Waals surface area contributed by atoms with Gasteiger partial charge in [0.25, 0.3) is 5.56 Å². The molecule has 0 saturated carbocycles. The molecule has 2 aromatic rings. The van der Waals surface area contributed by atoms with Crippen LogP contribution >= 0.6 is 0 Å². The third-order valence-corrected chi connectivity index (χ3v) is 4.27. The second-order valence-corrected chi connectivity index (χ2v) is 6.08. The summed E-state index contributed by atoms with van der Waals surface area (Å²) in [5, 5.41) is 2.51. The minimum atomic E-state index is -0.494. The quantitative estimate of drug-likeness (QED) is 0.846. The number of para-hydroxylation sites is 1. The van der Waals surface area contributed by atoms with E-state index in [4.69, 9.17) is 4.74 Å². The maximum atomic E-state index is 13.6. The average Bonchev–Trinajstić information content (AvgIpc) is 2.63. The van der Waals surface area contributed by atoms with Crippen molar-refractivity contribution in [1.29, 1.82) is 0 Å². The van der Waals surface area contributed by atoms with Crippen molar-refractivity contribution < 1.29 is 13.9 Å². The number of aryl methyl sites for hydroxylation is 1. The highest BCUT2D eigenvalue weighted by atomic mass is 19.1. The van der Waals surface area contributed by atoms with Crippen LogP contribution in [0.2, 0.25) is 0 Å². The van der Waals surface area contributed by atoms with E-state index in [1.807, 2.05) is 4.90 Å². The van der Waals surface area contributed by atoms with Gasteiger partial charge in [-0.3, -0.25) is 14.6 Å². The Kier molecular flexibility index (Phi) is 5.62. The van der Waals surface area contributed by atoms with Crippen LogP contribution < -0.4 is 15.8 Å². The number of aromatic amines is 1. The van der Waals surface area contributed by atoms with Gasteiger partial charge in [-0.25, -0.2) is 9.37 Å². The van der Waals surface area contributed by atoms with Crippen LogP contribution in [0, 0.1) is 12.7 Å². The summed E-state index contributed by atoms with van der Waals surface area (Å²) in [6, 6.07) is 5.96. The smallest absolute Gasteiger partial charge is 0.255 e. The van der Waals surface area contributed by atoms with Gasteiger partial charge in [-0.2, -0.15) is 0 Å². The zero-order valence-electron chi connectivity index (χ0n) is 14.5. The van der Waals surface area contributed by atoms with E-state index in [1.54, 1.807) is 19.1 Å². The van der Waals surface area contributed by atoms with Crippen LogP contribution in [0.15, 0.2) is 29.1 Å². The maximum Gasteiger partial charge on any atom is 0.255 e. The summed E-state index contributed by atoms with van der Waals surface area (Å²) < 4.78 is 18.9. The van der Waals surface area contributed by atoms with Crippen molar-refractivity contribution >= 4 is 17.5 Å². The number of benzene rings is 1. The predicted molar refractivity (Wildman–Crippen MR) is 96.0 cm³/mol. The summed E-state index contributed by atoms with van der Waals surface area (Å²) in [6.45, 7) is 4.30. The number of hydrogen-bond acceptors (Lipinski definition) is 5. The van der Waals surface area contributed by atoms with E-state index < -0.39 is 5.82 Å². The number of anilines is 2. The molecular formula is C18H21FN4O3. The lowest BCUT2D eigenvalue weighted by Crippen LogP contribution is -2.38. The number of hydrogen-bond donors (Lipinski definition) is 2. The lowest BCUT2D eigenvalue weighted by molar-refractivity contribution is -0.116. The molecule has 0 atom stereocenters. The molecule has 2 N–H and O–H groups in total. The Hall–Kier alpha value is -2.74. The molecule has 8 heteroatoms. The van der Waals surface area contributed by atoms with Crippen molar-refractivity contribution in [2.75, 3.05) is 36.5 Å². The molecule has 7 nitrogen and oxygen atoms in total. The van der Waals surface area contributed by atoms with Crippen molar-refractivity contribution in [3.8, 4) is 0 Å². The molecule has 1 amide bonds. The van der Waals surface area contributed by atoms with Gasteiger partial charge < -0.3 is 15.0 Å². The Bertz CT molecular complexity index is 847. The minimum absolute atomic E-state index is 0.0663. The van der Waals surface area contributed by atoms with Crippen LogP contribution in [0.4, 0.5) is 16.0 Å². The van der Waals surface area contributed by atoms with Gasteiger partial charge in [-0.05, 0) is 25.5 Å². The van der Waals surface area contributed by atoms with Gasteiger partial charge in [-0.15, -0.1) is 0 Å². The lowest BCUT2D eigenvalue weighted by Gasteiger charge is -2.27. The molecule has 0 unspecified atom stereocenters. The summed E-state index contributed by atoms with van der Waals surface area (Å²) in [7, 11) is 0. The lowest BCUT2D eigenvalue weighted by atomic mass is 10.1. The first-order valence-corrected chi connectivity index (χ1v) is 8.51. The summed E-state index contributed by atoms with van der Waals surface area (Å²) in [5.41, 5.74) is 0.932.